The number of hydrogen-bond donors (Lipinski definition) is 2. The number of rotatable bonds is 3. The lowest BCUT2D eigenvalue weighted by atomic mass is 10.1. The molecule has 0 radical (unpaired) electrons. The monoisotopic (exact) mass is 240 g/mol. The average Bonchev–Trinajstić information content (AvgIpc) is 2.40. The standard InChI is InChI=1S/C11H16N2O2S/c1-5(2)13-11(15)9-6(3)8(7(4)14)10(12)16-9/h5H,12H2,1-4H3,(H,13,15). The first kappa shape index (κ1) is 12.7. The van der Waals surface area contributed by atoms with Gasteiger partial charge in [-0.15, -0.1) is 11.3 Å². The Kier molecular flexibility index (Phi) is 3.70. The second-order valence-electron chi connectivity index (χ2n) is 3.98. The molecule has 3 N–H and O–H groups in total. The maximum Gasteiger partial charge on any atom is 0.261 e. The van der Waals surface area contributed by atoms with Gasteiger partial charge >= 0.3 is 0 Å². The summed E-state index contributed by atoms with van der Waals surface area (Å²) in [5, 5.41) is 3.20. The van der Waals surface area contributed by atoms with Gasteiger partial charge in [0.2, 0.25) is 0 Å². The molecule has 0 atom stereocenters. The van der Waals surface area contributed by atoms with E-state index in [-0.39, 0.29) is 17.7 Å². The summed E-state index contributed by atoms with van der Waals surface area (Å²) >= 11 is 1.16. The molecule has 0 spiro atoms. The smallest absolute Gasteiger partial charge is 0.261 e. The highest BCUT2D eigenvalue weighted by atomic mass is 32.1. The third-order valence-corrected chi connectivity index (χ3v) is 3.27. The van der Waals surface area contributed by atoms with E-state index >= 15 is 0 Å². The molecule has 0 saturated carbocycles. The molecule has 4 nitrogen and oxygen atoms in total. The predicted octanol–water partition coefficient (Wildman–Crippen LogP) is 1.98. The first-order chi connectivity index (χ1) is 7.34. The Morgan fingerprint density at radius 1 is 1.38 bits per heavy atom. The van der Waals surface area contributed by atoms with Gasteiger partial charge in [0.05, 0.1) is 15.4 Å². The highest BCUT2D eigenvalue weighted by Gasteiger charge is 2.21. The number of anilines is 1. The summed E-state index contributed by atoms with van der Waals surface area (Å²) in [6.45, 7) is 6.97. The van der Waals surface area contributed by atoms with E-state index in [1.54, 1.807) is 6.92 Å². The summed E-state index contributed by atoms with van der Waals surface area (Å²) in [7, 11) is 0. The number of nitrogens with one attached hydrogen (secondary N) is 1. The van der Waals surface area contributed by atoms with Gasteiger partial charge in [0.15, 0.2) is 5.78 Å². The van der Waals surface area contributed by atoms with E-state index in [1.165, 1.54) is 6.92 Å². The molecule has 1 aromatic rings. The molecule has 1 aromatic heterocycles. The fourth-order valence-corrected chi connectivity index (χ4v) is 2.54. The normalized spacial score (nSPS) is 10.6. The van der Waals surface area contributed by atoms with Gasteiger partial charge in [-0.3, -0.25) is 9.59 Å². The number of ketones is 1. The summed E-state index contributed by atoms with van der Waals surface area (Å²) in [5.74, 6) is -0.272. The molecule has 16 heavy (non-hydrogen) atoms. The number of hydrogen-bond acceptors (Lipinski definition) is 4. The molecule has 5 heteroatoms. The van der Waals surface area contributed by atoms with Crippen LogP contribution in [0, 0.1) is 6.92 Å². The highest BCUT2D eigenvalue weighted by Crippen LogP contribution is 2.30. The van der Waals surface area contributed by atoms with Crippen molar-refractivity contribution >= 4 is 28.0 Å². The van der Waals surface area contributed by atoms with E-state index in [0.29, 0.717) is 21.0 Å². The fourth-order valence-electron chi connectivity index (χ4n) is 1.52. The van der Waals surface area contributed by atoms with Gasteiger partial charge < -0.3 is 11.1 Å². The molecule has 0 aliphatic rings. The number of amides is 1. The zero-order chi connectivity index (χ0) is 12.5. The van der Waals surface area contributed by atoms with Gasteiger partial charge in [0.1, 0.15) is 0 Å². The van der Waals surface area contributed by atoms with E-state index in [2.05, 4.69) is 5.32 Å². The Labute approximate surface area is 98.8 Å². The van der Waals surface area contributed by atoms with Crippen molar-refractivity contribution in [1.29, 1.82) is 0 Å². The molecule has 0 aliphatic heterocycles. The van der Waals surface area contributed by atoms with E-state index in [9.17, 15) is 9.59 Å². The number of thiophene rings is 1. The second kappa shape index (κ2) is 4.65. The van der Waals surface area contributed by atoms with Crippen molar-refractivity contribution in [3.8, 4) is 0 Å². The minimum Gasteiger partial charge on any atom is -0.390 e. The lowest BCUT2D eigenvalue weighted by Gasteiger charge is -2.07. The SMILES string of the molecule is CC(=O)c1c(N)sc(C(=O)NC(C)C)c1C. The highest BCUT2D eigenvalue weighted by molar-refractivity contribution is 7.18. The first-order valence-electron chi connectivity index (χ1n) is 5.05. The van der Waals surface area contributed by atoms with Gasteiger partial charge in [0.25, 0.3) is 5.91 Å². The van der Waals surface area contributed by atoms with Crippen LogP contribution in [-0.2, 0) is 0 Å². The fraction of sp³-hybridized carbons (Fsp3) is 0.455. The van der Waals surface area contributed by atoms with Crippen molar-refractivity contribution in [2.24, 2.45) is 0 Å². The minimum atomic E-state index is -0.170. The largest absolute Gasteiger partial charge is 0.390 e. The lowest BCUT2D eigenvalue weighted by molar-refractivity contribution is 0.0946. The molecule has 0 aliphatic carbocycles. The zero-order valence-corrected chi connectivity index (χ0v) is 10.7. The molecular weight excluding hydrogens is 224 g/mol. The first-order valence-corrected chi connectivity index (χ1v) is 5.87. The van der Waals surface area contributed by atoms with Crippen LogP contribution in [-0.4, -0.2) is 17.7 Å². The van der Waals surface area contributed by atoms with Crippen LogP contribution in [0.1, 0.15) is 46.4 Å². The number of Topliss-reactive ketones (excluding diaryl/α,β-unsaturated/α-hetero) is 1. The van der Waals surface area contributed by atoms with Crippen LogP contribution in [0.5, 0.6) is 0 Å². The molecule has 0 fully saturated rings. The minimum absolute atomic E-state index is 0.0657. The third kappa shape index (κ3) is 2.41. The quantitative estimate of drug-likeness (QED) is 0.793. The molecule has 1 heterocycles. The van der Waals surface area contributed by atoms with Gasteiger partial charge in [-0.05, 0) is 33.3 Å². The van der Waals surface area contributed by atoms with Crippen LogP contribution in [0.2, 0.25) is 0 Å². The van der Waals surface area contributed by atoms with E-state index < -0.39 is 0 Å². The Hall–Kier alpha value is -1.36. The summed E-state index contributed by atoms with van der Waals surface area (Å²) in [4.78, 5) is 23.7. The van der Waals surface area contributed by atoms with Crippen molar-refractivity contribution in [2.75, 3.05) is 5.73 Å². The summed E-state index contributed by atoms with van der Waals surface area (Å²) in [6.07, 6.45) is 0. The third-order valence-electron chi connectivity index (χ3n) is 2.15. The molecule has 0 saturated heterocycles. The molecule has 88 valence electrons. The molecule has 1 amide bonds. The molecule has 0 aromatic carbocycles. The Morgan fingerprint density at radius 3 is 2.31 bits per heavy atom. The average molecular weight is 240 g/mol. The van der Waals surface area contributed by atoms with Crippen molar-refractivity contribution in [2.45, 2.75) is 33.7 Å². The summed E-state index contributed by atoms with van der Waals surface area (Å²) < 4.78 is 0. The van der Waals surface area contributed by atoms with Crippen LogP contribution in [0.4, 0.5) is 5.00 Å². The maximum absolute atomic E-state index is 11.8. The van der Waals surface area contributed by atoms with Crippen molar-refractivity contribution in [3.05, 3.63) is 16.0 Å². The molecule has 0 unspecified atom stereocenters. The van der Waals surface area contributed by atoms with Gasteiger partial charge in [-0.1, -0.05) is 0 Å². The van der Waals surface area contributed by atoms with Crippen LogP contribution in [0.15, 0.2) is 0 Å². The maximum atomic E-state index is 11.8. The van der Waals surface area contributed by atoms with Crippen LogP contribution >= 0.6 is 11.3 Å². The molecule has 0 bridgehead atoms. The van der Waals surface area contributed by atoms with Crippen molar-refractivity contribution in [3.63, 3.8) is 0 Å². The predicted molar refractivity (Wildman–Crippen MR) is 66.1 cm³/mol. The zero-order valence-electron chi connectivity index (χ0n) is 9.88. The summed E-state index contributed by atoms with van der Waals surface area (Å²) in [6, 6.07) is 0.0657. The summed E-state index contributed by atoms with van der Waals surface area (Å²) in [5.41, 5.74) is 6.87. The van der Waals surface area contributed by atoms with Gasteiger partial charge in [-0.2, -0.15) is 0 Å². The Morgan fingerprint density at radius 2 is 1.94 bits per heavy atom. The van der Waals surface area contributed by atoms with Gasteiger partial charge in [0, 0.05) is 6.04 Å². The van der Waals surface area contributed by atoms with Crippen molar-refractivity contribution in [1.82, 2.24) is 5.32 Å². The Balaban J connectivity index is 3.12. The Bertz CT molecular complexity index is 435. The number of nitrogen functional groups attached to an aromatic ring is 1. The van der Waals surface area contributed by atoms with Crippen LogP contribution in [0.25, 0.3) is 0 Å². The van der Waals surface area contributed by atoms with E-state index in [4.69, 9.17) is 5.73 Å². The van der Waals surface area contributed by atoms with Crippen LogP contribution in [0.3, 0.4) is 0 Å². The number of nitrogens with two attached hydrogens (primary N) is 1. The number of carbonyl (C=O) groups excluding carboxylic acids is 2. The second-order valence-corrected chi connectivity index (χ2v) is 5.03. The van der Waals surface area contributed by atoms with Crippen molar-refractivity contribution < 1.29 is 9.59 Å². The van der Waals surface area contributed by atoms with E-state index in [0.717, 1.165) is 11.3 Å². The van der Waals surface area contributed by atoms with Crippen LogP contribution < -0.4 is 11.1 Å². The number of carbonyl (C=O) groups is 2. The topological polar surface area (TPSA) is 72.2 Å². The molecule has 1 rings (SSSR count). The molecular formula is C11H16N2O2S. The van der Waals surface area contributed by atoms with Gasteiger partial charge in [-0.25, -0.2) is 0 Å². The van der Waals surface area contributed by atoms with E-state index in [1.807, 2.05) is 13.8 Å². The lowest BCUT2D eigenvalue weighted by Crippen LogP contribution is -2.29.